The summed E-state index contributed by atoms with van der Waals surface area (Å²) >= 11 is 0. The third kappa shape index (κ3) is 4.57. The van der Waals surface area contributed by atoms with Crippen molar-refractivity contribution in [3.05, 3.63) is 170 Å². The zero-order valence-corrected chi connectivity index (χ0v) is 27.0. The van der Waals surface area contributed by atoms with Gasteiger partial charge in [-0.1, -0.05) is 78.9 Å². The van der Waals surface area contributed by atoms with Crippen molar-refractivity contribution in [2.75, 3.05) is 4.90 Å². The number of pyridine rings is 3. The molecule has 2 atom stereocenters. The van der Waals surface area contributed by atoms with Gasteiger partial charge < -0.3 is 9.47 Å². The van der Waals surface area contributed by atoms with Crippen molar-refractivity contribution in [1.29, 1.82) is 0 Å². The summed E-state index contributed by atoms with van der Waals surface area (Å²) in [7, 11) is 0. The molecule has 8 aromatic rings. The first-order valence-corrected chi connectivity index (χ1v) is 16.9. The molecule has 6 heterocycles. The Bertz CT molecular complexity index is 2560. The van der Waals surface area contributed by atoms with Crippen LogP contribution in [0.1, 0.15) is 11.6 Å². The molecule has 4 aromatic heterocycles. The quantitative estimate of drug-likeness (QED) is 0.187. The molecule has 50 heavy (non-hydrogen) atoms. The van der Waals surface area contributed by atoms with Gasteiger partial charge in [0.2, 0.25) is 0 Å². The standard InChI is InChI=1S/C44H30N6/c1-3-15-39-33(9-1)43-41(17-7-27-45-43)49(39)31-23-19-29(20-24-31)35-11-5-13-37(47-35)38-14-6-12-36(48-38)30-21-25-32(26-22-30)50-40-16-4-2-10-34(40)44-42(50)18-8-28-46-44/h1-28,41,43H. The predicted octanol–water partition coefficient (Wildman–Crippen LogP) is 10.2. The van der Waals surface area contributed by atoms with Crippen molar-refractivity contribution in [3.8, 4) is 39.6 Å². The van der Waals surface area contributed by atoms with Gasteiger partial charge >= 0.3 is 0 Å². The molecule has 6 heteroatoms. The zero-order chi connectivity index (χ0) is 33.0. The van der Waals surface area contributed by atoms with Crippen LogP contribution in [0, 0.1) is 0 Å². The fraction of sp³-hybridized carbons (Fsp3) is 0.0455. The van der Waals surface area contributed by atoms with Crippen molar-refractivity contribution in [1.82, 2.24) is 19.5 Å². The van der Waals surface area contributed by atoms with E-state index in [1.165, 1.54) is 11.3 Å². The molecule has 2 aliphatic rings. The van der Waals surface area contributed by atoms with Gasteiger partial charge in [-0.2, -0.15) is 0 Å². The number of nitrogens with zero attached hydrogens (tertiary/aromatic N) is 6. The van der Waals surface area contributed by atoms with Crippen LogP contribution < -0.4 is 4.90 Å². The van der Waals surface area contributed by atoms with E-state index in [1.807, 2.05) is 36.7 Å². The average molecular weight is 643 g/mol. The molecule has 6 nitrogen and oxygen atoms in total. The number of aromatic nitrogens is 4. The Labute approximate surface area is 289 Å². The molecule has 0 saturated carbocycles. The summed E-state index contributed by atoms with van der Waals surface area (Å²) in [4.78, 5) is 22.0. The molecule has 2 aliphatic heterocycles. The number of para-hydroxylation sites is 2. The molecular weight excluding hydrogens is 613 g/mol. The van der Waals surface area contributed by atoms with Crippen LogP contribution in [0.15, 0.2) is 169 Å². The molecule has 4 aromatic carbocycles. The molecule has 10 rings (SSSR count). The fourth-order valence-corrected chi connectivity index (χ4v) is 7.53. The van der Waals surface area contributed by atoms with E-state index in [9.17, 15) is 0 Å². The number of hydrogen-bond acceptors (Lipinski definition) is 5. The SMILES string of the molecule is C1=CC2C(N=C1)c1ccccc1N2c1ccc(-c2cccc(-c3cccc(-c4ccc(-n5c6ccccc6c6ncccc65)cc4)n3)n2)cc1. The van der Waals surface area contributed by atoms with Gasteiger partial charge in [0.05, 0.1) is 45.4 Å². The van der Waals surface area contributed by atoms with Gasteiger partial charge in [-0.15, -0.1) is 0 Å². The number of fused-ring (bicyclic) bond motifs is 6. The molecule has 0 radical (unpaired) electrons. The number of aliphatic imine (C=N–C) groups is 1. The maximum atomic E-state index is 5.07. The highest BCUT2D eigenvalue weighted by atomic mass is 15.2. The third-order valence-electron chi connectivity index (χ3n) is 9.83. The third-order valence-corrected chi connectivity index (χ3v) is 9.83. The minimum atomic E-state index is 0.119. The van der Waals surface area contributed by atoms with E-state index in [2.05, 4.69) is 148 Å². The maximum absolute atomic E-state index is 5.07. The van der Waals surface area contributed by atoms with Gasteiger partial charge in [-0.05, 0) is 78.9 Å². The molecule has 236 valence electrons. The number of rotatable bonds is 5. The summed E-state index contributed by atoms with van der Waals surface area (Å²) in [5.74, 6) is 0. The molecule has 0 amide bonds. The lowest BCUT2D eigenvalue weighted by Crippen LogP contribution is -2.28. The number of dihydropyridines is 1. The summed E-state index contributed by atoms with van der Waals surface area (Å²) in [6, 6.07) is 51.0. The van der Waals surface area contributed by atoms with Crippen LogP contribution >= 0.6 is 0 Å². The van der Waals surface area contributed by atoms with E-state index in [0.29, 0.717) is 0 Å². The molecule has 0 aliphatic carbocycles. The Hall–Kier alpha value is -6.66. The molecule has 0 N–H and O–H groups in total. The summed E-state index contributed by atoms with van der Waals surface area (Å²) in [5.41, 5.74) is 13.5. The Balaban J connectivity index is 0.936. The Morgan fingerprint density at radius 3 is 1.92 bits per heavy atom. The molecule has 0 spiro atoms. The lowest BCUT2D eigenvalue weighted by Gasteiger charge is -2.28. The Morgan fingerprint density at radius 2 is 1.16 bits per heavy atom. The largest absolute Gasteiger partial charge is 0.332 e. The molecule has 2 unspecified atom stereocenters. The van der Waals surface area contributed by atoms with Gasteiger partial charge in [-0.3, -0.25) is 9.98 Å². The van der Waals surface area contributed by atoms with Gasteiger partial charge in [0.1, 0.15) is 6.04 Å². The maximum Gasteiger partial charge on any atom is 0.101 e. The second kappa shape index (κ2) is 11.5. The van der Waals surface area contributed by atoms with Crippen molar-refractivity contribution < 1.29 is 0 Å². The lowest BCUT2D eigenvalue weighted by molar-refractivity contribution is 0.667. The van der Waals surface area contributed by atoms with E-state index in [4.69, 9.17) is 15.0 Å². The minimum Gasteiger partial charge on any atom is -0.332 e. The van der Waals surface area contributed by atoms with Crippen molar-refractivity contribution in [2.45, 2.75) is 12.1 Å². The van der Waals surface area contributed by atoms with E-state index < -0.39 is 0 Å². The van der Waals surface area contributed by atoms with Crippen LogP contribution in [0.2, 0.25) is 0 Å². The summed E-state index contributed by atoms with van der Waals surface area (Å²) in [6.45, 7) is 0. The normalized spacial score (nSPS) is 16.2. The van der Waals surface area contributed by atoms with E-state index >= 15 is 0 Å². The molecule has 0 bridgehead atoms. The second-order valence-corrected chi connectivity index (χ2v) is 12.7. The minimum absolute atomic E-state index is 0.119. The van der Waals surface area contributed by atoms with Gasteiger partial charge in [0.25, 0.3) is 0 Å². The monoisotopic (exact) mass is 642 g/mol. The number of benzene rings is 4. The second-order valence-electron chi connectivity index (χ2n) is 12.7. The van der Waals surface area contributed by atoms with Gasteiger partial charge in [0.15, 0.2) is 0 Å². The number of anilines is 2. The highest BCUT2D eigenvalue weighted by Crippen LogP contribution is 2.47. The van der Waals surface area contributed by atoms with E-state index in [-0.39, 0.29) is 12.1 Å². The predicted molar refractivity (Wildman–Crippen MR) is 203 cm³/mol. The summed E-state index contributed by atoms with van der Waals surface area (Å²) < 4.78 is 2.27. The first-order valence-electron chi connectivity index (χ1n) is 16.9. The van der Waals surface area contributed by atoms with Crippen LogP contribution in [0.25, 0.3) is 61.5 Å². The Kier molecular flexibility index (Phi) is 6.52. The smallest absolute Gasteiger partial charge is 0.101 e. The van der Waals surface area contributed by atoms with Gasteiger partial charge in [-0.25, -0.2) is 9.97 Å². The molecule has 0 fully saturated rings. The van der Waals surface area contributed by atoms with Crippen LogP contribution in [0.5, 0.6) is 0 Å². The van der Waals surface area contributed by atoms with E-state index in [0.717, 1.165) is 67.2 Å². The first-order chi connectivity index (χ1) is 24.8. The molecule has 0 saturated heterocycles. The van der Waals surface area contributed by atoms with Crippen LogP contribution in [0.4, 0.5) is 11.4 Å². The Morgan fingerprint density at radius 1 is 0.520 bits per heavy atom. The van der Waals surface area contributed by atoms with Crippen LogP contribution in [-0.4, -0.2) is 31.8 Å². The van der Waals surface area contributed by atoms with Gasteiger partial charge in [0, 0.05) is 51.6 Å². The van der Waals surface area contributed by atoms with Crippen LogP contribution in [-0.2, 0) is 0 Å². The van der Waals surface area contributed by atoms with Crippen molar-refractivity contribution in [2.24, 2.45) is 4.99 Å². The highest BCUT2D eigenvalue weighted by Gasteiger charge is 2.38. The zero-order valence-electron chi connectivity index (χ0n) is 27.0. The topological polar surface area (TPSA) is 59.2 Å². The van der Waals surface area contributed by atoms with Crippen molar-refractivity contribution in [3.63, 3.8) is 0 Å². The lowest BCUT2D eigenvalue weighted by atomic mass is 10.0. The number of allylic oxidation sites excluding steroid dienone is 1. The molecular formula is C44H30N6. The van der Waals surface area contributed by atoms with Crippen molar-refractivity contribution >= 4 is 39.5 Å². The first kappa shape index (κ1) is 28.4. The summed E-state index contributed by atoms with van der Waals surface area (Å²) in [5, 5.41) is 1.15. The highest BCUT2D eigenvalue weighted by molar-refractivity contribution is 6.06. The number of hydrogen-bond donors (Lipinski definition) is 0. The van der Waals surface area contributed by atoms with Crippen LogP contribution in [0.3, 0.4) is 0 Å². The van der Waals surface area contributed by atoms with E-state index in [1.54, 1.807) is 0 Å². The fourth-order valence-electron chi connectivity index (χ4n) is 7.53. The average Bonchev–Trinajstić information content (AvgIpc) is 3.71. The summed E-state index contributed by atoms with van der Waals surface area (Å²) in [6.07, 6.45) is 8.06.